The van der Waals surface area contributed by atoms with Crippen molar-refractivity contribution in [1.29, 1.82) is 0 Å². The number of amidine groups is 1. The molecule has 1 aromatic carbocycles. The molecule has 0 saturated carbocycles. The van der Waals surface area contributed by atoms with Gasteiger partial charge in [-0.05, 0) is 18.2 Å². The van der Waals surface area contributed by atoms with Crippen LogP contribution in [-0.2, 0) is 20.8 Å². The summed E-state index contributed by atoms with van der Waals surface area (Å²) in [5.41, 5.74) is -0.647. The van der Waals surface area contributed by atoms with E-state index in [0.717, 1.165) is 23.9 Å². The minimum Gasteiger partial charge on any atom is -0.316 e. The first kappa shape index (κ1) is 19.2. The number of carbonyl (C=O) groups is 1. The van der Waals surface area contributed by atoms with Crippen LogP contribution in [0.1, 0.15) is 19.4 Å². The van der Waals surface area contributed by atoms with Gasteiger partial charge in [0.1, 0.15) is 0 Å². The number of alkyl halides is 3. The van der Waals surface area contributed by atoms with Gasteiger partial charge in [0.25, 0.3) is 5.91 Å². The highest BCUT2D eigenvalue weighted by atomic mass is 32.2. The molecule has 0 N–H and O–H groups in total. The summed E-state index contributed by atoms with van der Waals surface area (Å²) >= 11 is 1.14. The van der Waals surface area contributed by atoms with Crippen LogP contribution in [0.5, 0.6) is 0 Å². The number of sulfone groups is 1. The van der Waals surface area contributed by atoms with Crippen molar-refractivity contribution >= 4 is 38.4 Å². The standard InChI is InChI=1S/C16H17F3N2O3S2/c1-9(2)14(22)20-15-21(12-7-26(23,24)8-13(12)25-15)11-5-3-4-10(6-11)16(17,18)19/h3-6,9,12-13H,7-8H2,1-2H3/t12-,13+/m1/s1. The number of carbonyl (C=O) groups excluding carboxylic acids is 1. The Hall–Kier alpha value is -1.55. The number of hydrogen-bond acceptors (Lipinski definition) is 4. The summed E-state index contributed by atoms with van der Waals surface area (Å²) in [4.78, 5) is 17.5. The number of aliphatic imine (C=N–C) groups is 1. The Kier molecular flexibility index (Phi) is 4.85. The van der Waals surface area contributed by atoms with Gasteiger partial charge in [0.2, 0.25) is 0 Å². The molecular formula is C16H17F3N2O3S2. The van der Waals surface area contributed by atoms with Crippen LogP contribution in [0.3, 0.4) is 0 Å². The van der Waals surface area contributed by atoms with Gasteiger partial charge in [-0.2, -0.15) is 18.2 Å². The van der Waals surface area contributed by atoms with Gasteiger partial charge in [0, 0.05) is 16.9 Å². The lowest BCUT2D eigenvalue weighted by Crippen LogP contribution is -2.38. The van der Waals surface area contributed by atoms with Gasteiger partial charge in [-0.15, -0.1) is 0 Å². The van der Waals surface area contributed by atoms with Gasteiger partial charge in [0.15, 0.2) is 15.0 Å². The summed E-state index contributed by atoms with van der Waals surface area (Å²) in [6.45, 7) is 3.35. The number of hydrogen-bond donors (Lipinski definition) is 0. The van der Waals surface area contributed by atoms with E-state index >= 15 is 0 Å². The highest BCUT2D eigenvalue weighted by Gasteiger charge is 2.49. The second-order valence-electron chi connectivity index (χ2n) is 6.61. The summed E-state index contributed by atoms with van der Waals surface area (Å²) in [6, 6.07) is 4.11. The smallest absolute Gasteiger partial charge is 0.316 e. The third-order valence-electron chi connectivity index (χ3n) is 4.22. The minimum atomic E-state index is -4.52. The van der Waals surface area contributed by atoms with Gasteiger partial charge < -0.3 is 4.90 Å². The molecule has 0 unspecified atom stereocenters. The van der Waals surface area contributed by atoms with E-state index in [1.54, 1.807) is 13.8 Å². The number of halogens is 3. The molecule has 5 nitrogen and oxygen atoms in total. The quantitative estimate of drug-likeness (QED) is 0.756. The molecule has 2 aliphatic rings. The van der Waals surface area contributed by atoms with E-state index in [2.05, 4.69) is 4.99 Å². The Balaban J connectivity index is 2.05. The normalized spacial score (nSPS) is 26.5. The third-order valence-corrected chi connectivity index (χ3v) is 7.43. The third kappa shape index (κ3) is 3.75. The van der Waals surface area contributed by atoms with Crippen LogP contribution in [0.2, 0.25) is 0 Å². The number of anilines is 1. The fraction of sp³-hybridized carbons (Fsp3) is 0.500. The van der Waals surface area contributed by atoms with Gasteiger partial charge in [-0.3, -0.25) is 4.79 Å². The van der Waals surface area contributed by atoms with E-state index in [-0.39, 0.29) is 33.5 Å². The van der Waals surface area contributed by atoms with E-state index in [1.165, 1.54) is 17.0 Å². The SMILES string of the molecule is CC(C)C(=O)N=C1S[C@H]2CS(=O)(=O)C[C@H]2N1c1cccc(C(F)(F)F)c1. The van der Waals surface area contributed by atoms with Gasteiger partial charge in [-0.25, -0.2) is 8.42 Å². The molecule has 1 aromatic rings. The maximum Gasteiger partial charge on any atom is 0.416 e. The summed E-state index contributed by atoms with van der Waals surface area (Å²) in [5.74, 6) is -1.01. The van der Waals surface area contributed by atoms with Crippen molar-refractivity contribution in [3.63, 3.8) is 0 Å². The van der Waals surface area contributed by atoms with Crippen molar-refractivity contribution in [2.24, 2.45) is 10.9 Å². The molecule has 0 bridgehead atoms. The van der Waals surface area contributed by atoms with Gasteiger partial charge >= 0.3 is 6.18 Å². The molecule has 1 amide bonds. The lowest BCUT2D eigenvalue weighted by Gasteiger charge is -2.25. The summed E-state index contributed by atoms with van der Waals surface area (Å²) in [5, 5.41) is -0.0961. The molecule has 2 heterocycles. The second kappa shape index (κ2) is 6.56. The fourth-order valence-corrected chi connectivity index (χ4v) is 6.84. The number of benzene rings is 1. The predicted octanol–water partition coefficient (Wildman–Crippen LogP) is 2.96. The van der Waals surface area contributed by atoms with Gasteiger partial charge in [-0.1, -0.05) is 31.7 Å². The minimum absolute atomic E-state index is 0.0767. The lowest BCUT2D eigenvalue weighted by atomic mass is 10.1. The highest BCUT2D eigenvalue weighted by Crippen LogP contribution is 2.42. The van der Waals surface area contributed by atoms with Crippen molar-refractivity contribution in [2.75, 3.05) is 16.4 Å². The zero-order chi connectivity index (χ0) is 19.3. The summed E-state index contributed by atoms with van der Waals surface area (Å²) in [7, 11) is -3.28. The second-order valence-corrected chi connectivity index (χ2v) is 9.97. The van der Waals surface area contributed by atoms with Crippen molar-refractivity contribution in [3.8, 4) is 0 Å². The first-order chi connectivity index (χ1) is 12.0. The molecular weight excluding hydrogens is 389 g/mol. The molecule has 0 spiro atoms. The molecule has 3 rings (SSSR count). The molecule has 0 aromatic heterocycles. The Labute approximate surface area is 153 Å². The molecule has 2 aliphatic heterocycles. The van der Waals surface area contributed by atoms with E-state index in [0.29, 0.717) is 0 Å². The predicted molar refractivity (Wildman–Crippen MR) is 95.0 cm³/mol. The number of amides is 1. The maximum absolute atomic E-state index is 13.1. The average Bonchev–Trinajstić information content (AvgIpc) is 2.97. The molecule has 2 fully saturated rings. The Morgan fingerprint density at radius 1 is 1.31 bits per heavy atom. The molecule has 2 saturated heterocycles. The molecule has 26 heavy (non-hydrogen) atoms. The number of nitrogens with zero attached hydrogens (tertiary/aromatic N) is 2. The summed E-state index contributed by atoms with van der Waals surface area (Å²) < 4.78 is 63.1. The van der Waals surface area contributed by atoms with Crippen molar-refractivity contribution in [2.45, 2.75) is 31.3 Å². The van der Waals surface area contributed by atoms with E-state index in [4.69, 9.17) is 0 Å². The largest absolute Gasteiger partial charge is 0.416 e. The van der Waals surface area contributed by atoms with Crippen LogP contribution in [0.25, 0.3) is 0 Å². The monoisotopic (exact) mass is 406 g/mol. The Bertz CT molecular complexity index is 866. The first-order valence-corrected chi connectivity index (χ1v) is 10.6. The number of thioether (sulfide) groups is 1. The maximum atomic E-state index is 13.1. The molecule has 0 radical (unpaired) electrons. The van der Waals surface area contributed by atoms with E-state index in [1.807, 2.05) is 0 Å². The van der Waals surface area contributed by atoms with Gasteiger partial charge in [0.05, 0.1) is 23.1 Å². The Morgan fingerprint density at radius 2 is 2.00 bits per heavy atom. The van der Waals surface area contributed by atoms with Crippen LogP contribution in [0, 0.1) is 5.92 Å². The first-order valence-electron chi connectivity index (χ1n) is 7.94. The number of fused-ring (bicyclic) bond motifs is 1. The van der Waals surface area contributed by atoms with Crippen molar-refractivity contribution in [1.82, 2.24) is 0 Å². The molecule has 142 valence electrons. The van der Waals surface area contributed by atoms with Crippen LogP contribution in [0.15, 0.2) is 29.3 Å². The topological polar surface area (TPSA) is 66.8 Å². The highest BCUT2D eigenvalue weighted by molar-refractivity contribution is 8.16. The van der Waals surface area contributed by atoms with Crippen molar-refractivity contribution in [3.05, 3.63) is 29.8 Å². The zero-order valence-corrected chi connectivity index (χ0v) is 15.7. The summed E-state index contributed by atoms with van der Waals surface area (Å²) in [6.07, 6.45) is -4.52. The molecule has 10 heteroatoms. The van der Waals surface area contributed by atoms with Crippen LogP contribution in [-0.4, -0.2) is 42.3 Å². The van der Waals surface area contributed by atoms with E-state index in [9.17, 15) is 26.4 Å². The molecule has 2 atom stereocenters. The average molecular weight is 406 g/mol. The Morgan fingerprint density at radius 3 is 2.62 bits per heavy atom. The van der Waals surface area contributed by atoms with Crippen LogP contribution in [0.4, 0.5) is 18.9 Å². The van der Waals surface area contributed by atoms with Crippen LogP contribution >= 0.6 is 11.8 Å². The fourth-order valence-electron chi connectivity index (χ4n) is 2.92. The molecule has 0 aliphatic carbocycles. The zero-order valence-electron chi connectivity index (χ0n) is 14.0. The lowest BCUT2D eigenvalue weighted by molar-refractivity contribution is -0.137. The van der Waals surface area contributed by atoms with E-state index < -0.39 is 33.5 Å². The number of rotatable bonds is 2. The van der Waals surface area contributed by atoms with Crippen LogP contribution < -0.4 is 4.90 Å². The van der Waals surface area contributed by atoms with Crippen molar-refractivity contribution < 1.29 is 26.4 Å².